The highest BCUT2D eigenvalue weighted by molar-refractivity contribution is 6.17. The monoisotopic (exact) mass is 172 g/mol. The summed E-state index contributed by atoms with van der Waals surface area (Å²) < 4.78 is 0. The van der Waals surface area contributed by atoms with Crippen LogP contribution in [-0.2, 0) is 0 Å². The third-order valence-electron chi connectivity index (χ3n) is 2.32. The molecule has 0 saturated carbocycles. The van der Waals surface area contributed by atoms with Crippen LogP contribution in [0.15, 0.2) is 12.2 Å². The number of alkyl halides is 1. The smallest absolute Gasteiger partial charge is 0.0223 e. The van der Waals surface area contributed by atoms with Gasteiger partial charge in [-0.25, -0.2) is 0 Å². The van der Waals surface area contributed by atoms with Crippen LogP contribution in [0.4, 0.5) is 0 Å². The minimum atomic E-state index is 0.834. The first-order valence-electron chi connectivity index (χ1n) is 4.66. The van der Waals surface area contributed by atoms with Crippen molar-refractivity contribution in [1.29, 1.82) is 0 Å². The van der Waals surface area contributed by atoms with Gasteiger partial charge in [0.2, 0.25) is 0 Å². The molecular formula is C10H17Cl. The van der Waals surface area contributed by atoms with Crippen LogP contribution in [-0.4, -0.2) is 5.88 Å². The zero-order valence-corrected chi connectivity index (χ0v) is 7.82. The molecule has 0 heterocycles. The minimum absolute atomic E-state index is 0.834. The molecule has 0 aliphatic heterocycles. The Hall–Kier alpha value is 0.0300. The van der Waals surface area contributed by atoms with Gasteiger partial charge in [-0.1, -0.05) is 25.0 Å². The molecule has 1 rings (SSSR count). The number of unbranched alkanes of at least 4 members (excludes halogenated alkanes) is 2. The van der Waals surface area contributed by atoms with E-state index in [1.807, 2.05) is 0 Å². The SMILES string of the molecule is ClCCCCCC1C=CCC1. The van der Waals surface area contributed by atoms with Crippen molar-refractivity contribution in [2.24, 2.45) is 5.92 Å². The number of hydrogen-bond acceptors (Lipinski definition) is 0. The van der Waals surface area contributed by atoms with E-state index < -0.39 is 0 Å². The van der Waals surface area contributed by atoms with Gasteiger partial charge < -0.3 is 0 Å². The number of rotatable bonds is 5. The van der Waals surface area contributed by atoms with Gasteiger partial charge >= 0.3 is 0 Å². The molecule has 0 aromatic carbocycles. The van der Waals surface area contributed by atoms with Gasteiger partial charge in [0.25, 0.3) is 0 Å². The number of halogens is 1. The van der Waals surface area contributed by atoms with E-state index in [9.17, 15) is 0 Å². The van der Waals surface area contributed by atoms with Gasteiger partial charge in [0.1, 0.15) is 0 Å². The molecule has 64 valence electrons. The Kier molecular flexibility index (Phi) is 4.69. The molecule has 0 nitrogen and oxygen atoms in total. The van der Waals surface area contributed by atoms with Crippen LogP contribution in [0.25, 0.3) is 0 Å². The van der Waals surface area contributed by atoms with E-state index in [4.69, 9.17) is 11.6 Å². The molecule has 0 radical (unpaired) electrons. The Labute approximate surface area is 74.6 Å². The summed E-state index contributed by atoms with van der Waals surface area (Å²) in [7, 11) is 0. The fourth-order valence-corrected chi connectivity index (χ4v) is 1.80. The molecule has 0 amide bonds. The molecule has 0 spiro atoms. The second-order valence-electron chi connectivity index (χ2n) is 3.30. The van der Waals surface area contributed by atoms with E-state index in [0.717, 1.165) is 11.8 Å². The van der Waals surface area contributed by atoms with Gasteiger partial charge in [0, 0.05) is 5.88 Å². The van der Waals surface area contributed by atoms with Crippen molar-refractivity contribution in [3.05, 3.63) is 12.2 Å². The summed E-state index contributed by atoms with van der Waals surface area (Å²) in [5.41, 5.74) is 0. The summed E-state index contributed by atoms with van der Waals surface area (Å²) in [5, 5.41) is 0. The average Bonchev–Trinajstić information content (AvgIpc) is 2.50. The largest absolute Gasteiger partial charge is 0.127 e. The molecule has 0 bridgehead atoms. The molecule has 1 aliphatic carbocycles. The maximum absolute atomic E-state index is 5.58. The van der Waals surface area contributed by atoms with Crippen molar-refractivity contribution in [2.75, 3.05) is 5.88 Å². The predicted molar refractivity (Wildman–Crippen MR) is 51.1 cm³/mol. The molecule has 1 unspecified atom stereocenters. The summed E-state index contributed by atoms with van der Waals surface area (Å²) in [6.45, 7) is 0. The topological polar surface area (TPSA) is 0 Å². The van der Waals surface area contributed by atoms with E-state index in [-0.39, 0.29) is 0 Å². The zero-order chi connectivity index (χ0) is 7.94. The molecule has 1 heteroatoms. The van der Waals surface area contributed by atoms with Crippen LogP contribution >= 0.6 is 11.6 Å². The summed E-state index contributed by atoms with van der Waals surface area (Å²) in [4.78, 5) is 0. The molecule has 0 aromatic rings. The highest BCUT2D eigenvalue weighted by Gasteiger charge is 2.07. The van der Waals surface area contributed by atoms with Crippen LogP contribution < -0.4 is 0 Å². The van der Waals surface area contributed by atoms with Crippen molar-refractivity contribution < 1.29 is 0 Å². The summed E-state index contributed by atoms with van der Waals surface area (Å²) in [6, 6.07) is 0. The Morgan fingerprint density at radius 1 is 1.27 bits per heavy atom. The van der Waals surface area contributed by atoms with Crippen LogP contribution in [0.2, 0.25) is 0 Å². The standard InChI is InChI=1S/C10H17Cl/c11-9-5-1-2-6-10-7-3-4-8-10/h3,7,10H,1-2,4-6,8-9H2. The van der Waals surface area contributed by atoms with Gasteiger partial charge in [0.15, 0.2) is 0 Å². The van der Waals surface area contributed by atoms with E-state index in [0.29, 0.717) is 0 Å². The van der Waals surface area contributed by atoms with Crippen molar-refractivity contribution in [3.63, 3.8) is 0 Å². The summed E-state index contributed by atoms with van der Waals surface area (Å²) >= 11 is 5.58. The fourth-order valence-electron chi connectivity index (χ4n) is 1.61. The molecular weight excluding hydrogens is 156 g/mol. The average molecular weight is 173 g/mol. The molecule has 0 N–H and O–H groups in total. The summed E-state index contributed by atoms with van der Waals surface area (Å²) in [5.74, 6) is 1.73. The third kappa shape index (κ3) is 3.81. The molecule has 11 heavy (non-hydrogen) atoms. The maximum atomic E-state index is 5.58. The predicted octanol–water partition coefficient (Wildman–Crippen LogP) is 3.75. The second-order valence-corrected chi connectivity index (χ2v) is 3.68. The van der Waals surface area contributed by atoms with Gasteiger partial charge in [-0.15, -0.1) is 11.6 Å². The van der Waals surface area contributed by atoms with Crippen molar-refractivity contribution >= 4 is 11.6 Å². The van der Waals surface area contributed by atoms with Crippen molar-refractivity contribution in [3.8, 4) is 0 Å². The van der Waals surface area contributed by atoms with Gasteiger partial charge in [0.05, 0.1) is 0 Å². The molecule has 0 aromatic heterocycles. The van der Waals surface area contributed by atoms with Crippen LogP contribution in [0.5, 0.6) is 0 Å². The molecule has 1 aliphatic rings. The lowest BCUT2D eigenvalue weighted by atomic mass is 10.0. The second kappa shape index (κ2) is 5.65. The lowest BCUT2D eigenvalue weighted by molar-refractivity contribution is 0.532. The first kappa shape index (κ1) is 9.12. The highest BCUT2D eigenvalue weighted by atomic mass is 35.5. The first-order chi connectivity index (χ1) is 5.43. The molecule has 1 atom stereocenters. The maximum Gasteiger partial charge on any atom is 0.0223 e. The van der Waals surface area contributed by atoms with E-state index in [1.165, 1.54) is 38.5 Å². The zero-order valence-electron chi connectivity index (χ0n) is 7.06. The Morgan fingerprint density at radius 2 is 2.18 bits per heavy atom. The lowest BCUT2D eigenvalue weighted by Gasteiger charge is -2.05. The van der Waals surface area contributed by atoms with E-state index in [1.54, 1.807) is 0 Å². The quantitative estimate of drug-likeness (QED) is 0.337. The number of hydrogen-bond donors (Lipinski definition) is 0. The Morgan fingerprint density at radius 3 is 2.82 bits per heavy atom. The number of allylic oxidation sites excluding steroid dienone is 2. The fraction of sp³-hybridized carbons (Fsp3) is 0.800. The molecule has 0 saturated heterocycles. The Bertz CT molecular complexity index is 118. The van der Waals surface area contributed by atoms with Crippen LogP contribution in [0.3, 0.4) is 0 Å². The van der Waals surface area contributed by atoms with Crippen LogP contribution in [0.1, 0.15) is 38.5 Å². The highest BCUT2D eigenvalue weighted by Crippen LogP contribution is 2.22. The van der Waals surface area contributed by atoms with Crippen molar-refractivity contribution in [1.82, 2.24) is 0 Å². The van der Waals surface area contributed by atoms with E-state index >= 15 is 0 Å². The minimum Gasteiger partial charge on any atom is -0.127 e. The van der Waals surface area contributed by atoms with E-state index in [2.05, 4.69) is 12.2 Å². The molecule has 0 fully saturated rings. The first-order valence-corrected chi connectivity index (χ1v) is 5.19. The normalized spacial score (nSPS) is 22.8. The lowest BCUT2D eigenvalue weighted by Crippen LogP contribution is -1.91. The van der Waals surface area contributed by atoms with Gasteiger partial charge in [-0.3, -0.25) is 0 Å². The van der Waals surface area contributed by atoms with Gasteiger partial charge in [-0.05, 0) is 31.6 Å². The summed E-state index contributed by atoms with van der Waals surface area (Å²) in [6.07, 6.45) is 12.6. The Balaban J connectivity index is 1.90. The van der Waals surface area contributed by atoms with Crippen molar-refractivity contribution in [2.45, 2.75) is 38.5 Å². The third-order valence-corrected chi connectivity index (χ3v) is 2.59. The van der Waals surface area contributed by atoms with Gasteiger partial charge in [-0.2, -0.15) is 0 Å². The van der Waals surface area contributed by atoms with Crippen LogP contribution in [0, 0.1) is 5.92 Å².